The van der Waals surface area contributed by atoms with Crippen molar-refractivity contribution >= 4 is 23.0 Å². The second-order valence-electron chi connectivity index (χ2n) is 5.53. The molecule has 0 aliphatic heterocycles. The SMILES string of the molecule is CCc1cccc(C)c1NC(=O)/C(C#N)=C\Nc1ccc([N+](=O)[O-])cc1. The van der Waals surface area contributed by atoms with Crippen molar-refractivity contribution in [1.29, 1.82) is 5.26 Å². The molecule has 7 heteroatoms. The monoisotopic (exact) mass is 350 g/mol. The maximum atomic E-state index is 12.4. The van der Waals surface area contributed by atoms with Crippen LogP contribution in [-0.2, 0) is 11.2 Å². The molecule has 132 valence electrons. The first-order valence-electron chi connectivity index (χ1n) is 7.97. The van der Waals surface area contributed by atoms with Crippen molar-refractivity contribution in [1.82, 2.24) is 0 Å². The zero-order valence-electron chi connectivity index (χ0n) is 14.4. The molecule has 0 saturated heterocycles. The second kappa shape index (κ2) is 8.44. The highest BCUT2D eigenvalue weighted by Crippen LogP contribution is 2.22. The van der Waals surface area contributed by atoms with Gasteiger partial charge in [0.05, 0.1) is 4.92 Å². The van der Waals surface area contributed by atoms with Gasteiger partial charge >= 0.3 is 0 Å². The summed E-state index contributed by atoms with van der Waals surface area (Å²) in [7, 11) is 0. The molecule has 0 saturated carbocycles. The van der Waals surface area contributed by atoms with Crippen molar-refractivity contribution in [3.8, 4) is 6.07 Å². The van der Waals surface area contributed by atoms with Gasteiger partial charge in [-0.3, -0.25) is 14.9 Å². The van der Waals surface area contributed by atoms with Gasteiger partial charge in [0, 0.05) is 29.7 Å². The smallest absolute Gasteiger partial charge is 0.269 e. The Bertz CT molecular complexity index is 896. The van der Waals surface area contributed by atoms with Crippen LogP contribution in [0, 0.1) is 28.4 Å². The number of carbonyl (C=O) groups excluding carboxylic acids is 1. The molecule has 0 atom stereocenters. The number of amides is 1. The average molecular weight is 350 g/mol. The summed E-state index contributed by atoms with van der Waals surface area (Å²) in [6, 6.07) is 13.3. The highest BCUT2D eigenvalue weighted by atomic mass is 16.6. The van der Waals surface area contributed by atoms with Gasteiger partial charge in [-0.05, 0) is 36.6 Å². The van der Waals surface area contributed by atoms with E-state index in [0.29, 0.717) is 11.4 Å². The van der Waals surface area contributed by atoms with Gasteiger partial charge in [0.2, 0.25) is 0 Å². The Labute approximate surface area is 151 Å². The lowest BCUT2D eigenvalue weighted by molar-refractivity contribution is -0.384. The lowest BCUT2D eigenvalue weighted by Gasteiger charge is -2.12. The molecule has 0 spiro atoms. The third kappa shape index (κ3) is 4.45. The van der Waals surface area contributed by atoms with E-state index < -0.39 is 10.8 Å². The topological polar surface area (TPSA) is 108 Å². The molecule has 0 aromatic heterocycles. The molecular weight excluding hydrogens is 332 g/mol. The number of non-ortho nitro benzene ring substituents is 1. The van der Waals surface area contributed by atoms with Crippen LogP contribution in [0.5, 0.6) is 0 Å². The fourth-order valence-corrected chi connectivity index (χ4v) is 2.37. The summed E-state index contributed by atoms with van der Waals surface area (Å²) in [4.78, 5) is 22.5. The Morgan fingerprint density at radius 1 is 1.27 bits per heavy atom. The van der Waals surface area contributed by atoms with Crippen LogP contribution in [0.4, 0.5) is 17.1 Å². The van der Waals surface area contributed by atoms with Crippen LogP contribution < -0.4 is 10.6 Å². The highest BCUT2D eigenvalue weighted by molar-refractivity contribution is 6.07. The van der Waals surface area contributed by atoms with Crippen molar-refractivity contribution in [3.05, 3.63) is 75.5 Å². The number of benzene rings is 2. The van der Waals surface area contributed by atoms with Crippen LogP contribution in [0.15, 0.2) is 54.2 Å². The largest absolute Gasteiger partial charge is 0.360 e. The molecule has 7 nitrogen and oxygen atoms in total. The van der Waals surface area contributed by atoms with Crippen molar-refractivity contribution in [2.75, 3.05) is 10.6 Å². The van der Waals surface area contributed by atoms with E-state index in [1.54, 1.807) is 0 Å². The van der Waals surface area contributed by atoms with Gasteiger partial charge in [-0.2, -0.15) is 5.26 Å². The summed E-state index contributed by atoms with van der Waals surface area (Å²) in [6.07, 6.45) is 2.03. The van der Waals surface area contributed by atoms with E-state index in [2.05, 4.69) is 10.6 Å². The van der Waals surface area contributed by atoms with Gasteiger partial charge in [-0.15, -0.1) is 0 Å². The van der Waals surface area contributed by atoms with Crippen LogP contribution in [0.1, 0.15) is 18.1 Å². The van der Waals surface area contributed by atoms with E-state index in [0.717, 1.165) is 17.5 Å². The molecule has 2 aromatic carbocycles. The molecule has 0 unspecified atom stereocenters. The van der Waals surface area contributed by atoms with Crippen LogP contribution in [0.2, 0.25) is 0 Å². The summed E-state index contributed by atoms with van der Waals surface area (Å²) in [6.45, 7) is 3.88. The summed E-state index contributed by atoms with van der Waals surface area (Å²) in [5.74, 6) is -0.522. The van der Waals surface area contributed by atoms with E-state index in [1.165, 1.54) is 30.5 Å². The maximum absolute atomic E-state index is 12.4. The fourth-order valence-electron chi connectivity index (χ4n) is 2.37. The number of nitro groups is 1. The molecule has 0 radical (unpaired) electrons. The predicted octanol–water partition coefficient (Wildman–Crippen LogP) is 3.92. The number of hydrogen-bond acceptors (Lipinski definition) is 5. The molecule has 0 aliphatic carbocycles. The number of nitriles is 1. The first kappa shape index (κ1) is 18.7. The Morgan fingerprint density at radius 2 is 1.96 bits per heavy atom. The van der Waals surface area contributed by atoms with E-state index in [9.17, 15) is 20.2 Å². The van der Waals surface area contributed by atoms with E-state index >= 15 is 0 Å². The van der Waals surface area contributed by atoms with Crippen LogP contribution in [0.3, 0.4) is 0 Å². The number of nitrogens with one attached hydrogen (secondary N) is 2. The standard InChI is InChI=1S/C19H18N4O3/c1-3-14-6-4-5-13(2)18(14)22-19(24)15(11-20)12-21-16-7-9-17(10-8-16)23(25)26/h4-10,12,21H,3H2,1-2H3,(H,22,24)/b15-12-. The van der Waals surface area contributed by atoms with Crippen molar-refractivity contribution < 1.29 is 9.72 Å². The number of rotatable bonds is 6. The fraction of sp³-hybridized carbons (Fsp3) is 0.158. The number of anilines is 2. The van der Waals surface area contributed by atoms with Crippen molar-refractivity contribution in [3.63, 3.8) is 0 Å². The molecule has 2 rings (SSSR count). The summed E-state index contributed by atoms with van der Waals surface area (Å²) >= 11 is 0. The average Bonchev–Trinajstić information content (AvgIpc) is 2.64. The minimum absolute atomic E-state index is 0.0376. The molecule has 0 aliphatic rings. The lowest BCUT2D eigenvalue weighted by Crippen LogP contribution is -2.16. The first-order chi connectivity index (χ1) is 12.5. The zero-order valence-corrected chi connectivity index (χ0v) is 14.4. The summed E-state index contributed by atoms with van der Waals surface area (Å²) < 4.78 is 0. The number of carbonyl (C=O) groups is 1. The third-order valence-corrected chi connectivity index (χ3v) is 3.80. The van der Waals surface area contributed by atoms with Gasteiger partial charge in [0.15, 0.2) is 0 Å². The Balaban J connectivity index is 2.15. The molecule has 0 bridgehead atoms. The highest BCUT2D eigenvalue weighted by Gasteiger charge is 2.13. The number of hydrogen-bond donors (Lipinski definition) is 2. The van der Waals surface area contributed by atoms with Gasteiger partial charge in [-0.25, -0.2) is 0 Å². The Kier molecular flexibility index (Phi) is 6.06. The number of aryl methyl sites for hydroxylation is 2. The second-order valence-corrected chi connectivity index (χ2v) is 5.53. The van der Waals surface area contributed by atoms with Crippen LogP contribution in [-0.4, -0.2) is 10.8 Å². The van der Waals surface area contributed by atoms with Crippen LogP contribution in [0.25, 0.3) is 0 Å². The number of nitrogens with zero attached hydrogens (tertiary/aromatic N) is 2. The van der Waals surface area contributed by atoms with Gasteiger partial charge in [0.1, 0.15) is 11.6 Å². The molecule has 26 heavy (non-hydrogen) atoms. The minimum atomic E-state index is -0.522. The molecule has 2 N–H and O–H groups in total. The Morgan fingerprint density at radius 3 is 2.54 bits per heavy atom. The molecule has 0 heterocycles. The van der Waals surface area contributed by atoms with Gasteiger partial charge < -0.3 is 10.6 Å². The summed E-state index contributed by atoms with van der Waals surface area (Å²) in [5.41, 5.74) is 2.99. The Hall–Kier alpha value is -3.66. The molecule has 0 fully saturated rings. The minimum Gasteiger partial charge on any atom is -0.360 e. The number of para-hydroxylation sites is 1. The van der Waals surface area contributed by atoms with E-state index in [-0.39, 0.29) is 11.3 Å². The van der Waals surface area contributed by atoms with Crippen molar-refractivity contribution in [2.45, 2.75) is 20.3 Å². The molecule has 1 amide bonds. The van der Waals surface area contributed by atoms with E-state index in [1.807, 2.05) is 38.1 Å². The normalized spacial score (nSPS) is 10.7. The maximum Gasteiger partial charge on any atom is 0.269 e. The third-order valence-electron chi connectivity index (χ3n) is 3.80. The van der Waals surface area contributed by atoms with E-state index in [4.69, 9.17) is 0 Å². The van der Waals surface area contributed by atoms with Gasteiger partial charge in [-0.1, -0.05) is 25.1 Å². The van der Waals surface area contributed by atoms with Crippen molar-refractivity contribution in [2.24, 2.45) is 0 Å². The predicted molar refractivity (Wildman–Crippen MR) is 99.6 cm³/mol. The summed E-state index contributed by atoms with van der Waals surface area (Å²) in [5, 5.41) is 25.5. The zero-order chi connectivity index (χ0) is 19.1. The molecular formula is C19H18N4O3. The molecule has 2 aromatic rings. The van der Waals surface area contributed by atoms with Gasteiger partial charge in [0.25, 0.3) is 11.6 Å². The lowest BCUT2D eigenvalue weighted by atomic mass is 10.1. The quantitative estimate of drug-likeness (QED) is 0.355. The number of nitro benzene ring substituents is 1. The first-order valence-corrected chi connectivity index (χ1v) is 7.97. The van der Waals surface area contributed by atoms with Crippen LogP contribution >= 0.6 is 0 Å².